The van der Waals surface area contributed by atoms with Gasteiger partial charge in [0.25, 0.3) is 0 Å². The molecule has 5 heteroatoms. The van der Waals surface area contributed by atoms with Gasteiger partial charge in [0, 0.05) is 6.54 Å². The largest absolute Gasteiger partial charge is 0.497 e. The summed E-state index contributed by atoms with van der Waals surface area (Å²) < 4.78 is 10.6. The van der Waals surface area contributed by atoms with Crippen molar-refractivity contribution in [1.82, 2.24) is 10.2 Å². The summed E-state index contributed by atoms with van der Waals surface area (Å²) in [7, 11) is 5.78. The second-order valence-electron chi connectivity index (χ2n) is 5.35. The van der Waals surface area contributed by atoms with Gasteiger partial charge in [-0.15, -0.1) is 0 Å². The SMILES string of the molecule is COc1ccc(OCC(O)CNCCCCN(C)C)cc1. The van der Waals surface area contributed by atoms with Gasteiger partial charge in [0.15, 0.2) is 0 Å². The van der Waals surface area contributed by atoms with Crippen molar-refractivity contribution < 1.29 is 14.6 Å². The van der Waals surface area contributed by atoms with E-state index in [2.05, 4.69) is 24.3 Å². The van der Waals surface area contributed by atoms with E-state index in [0.717, 1.165) is 31.0 Å². The molecule has 0 aliphatic heterocycles. The Hall–Kier alpha value is -1.30. The predicted molar refractivity (Wildman–Crippen MR) is 85.2 cm³/mol. The third-order valence-electron chi connectivity index (χ3n) is 3.09. The maximum absolute atomic E-state index is 9.84. The quantitative estimate of drug-likeness (QED) is 0.604. The van der Waals surface area contributed by atoms with Crippen molar-refractivity contribution in [3.8, 4) is 11.5 Å². The number of nitrogens with zero attached hydrogens (tertiary/aromatic N) is 1. The van der Waals surface area contributed by atoms with E-state index in [1.807, 2.05) is 24.3 Å². The van der Waals surface area contributed by atoms with Crippen LogP contribution in [0.2, 0.25) is 0 Å². The molecule has 1 aromatic rings. The lowest BCUT2D eigenvalue weighted by atomic mass is 10.3. The van der Waals surface area contributed by atoms with Crippen LogP contribution in [0.1, 0.15) is 12.8 Å². The number of hydrogen-bond acceptors (Lipinski definition) is 5. The van der Waals surface area contributed by atoms with E-state index in [-0.39, 0.29) is 6.61 Å². The molecule has 0 saturated carbocycles. The Labute approximate surface area is 127 Å². The molecule has 1 unspecified atom stereocenters. The smallest absolute Gasteiger partial charge is 0.119 e. The number of rotatable bonds is 11. The highest BCUT2D eigenvalue weighted by Gasteiger charge is 2.05. The van der Waals surface area contributed by atoms with E-state index in [0.29, 0.717) is 6.54 Å². The van der Waals surface area contributed by atoms with Gasteiger partial charge in [-0.05, 0) is 64.3 Å². The van der Waals surface area contributed by atoms with E-state index in [1.165, 1.54) is 6.42 Å². The van der Waals surface area contributed by atoms with Crippen LogP contribution in [-0.2, 0) is 0 Å². The molecule has 1 atom stereocenters. The van der Waals surface area contributed by atoms with Gasteiger partial charge in [-0.1, -0.05) is 0 Å². The van der Waals surface area contributed by atoms with Crippen molar-refractivity contribution in [2.75, 3.05) is 47.4 Å². The molecule has 0 fully saturated rings. The fraction of sp³-hybridized carbons (Fsp3) is 0.625. The van der Waals surface area contributed by atoms with Crippen LogP contribution in [0.3, 0.4) is 0 Å². The molecule has 0 aliphatic rings. The van der Waals surface area contributed by atoms with Gasteiger partial charge in [-0.2, -0.15) is 0 Å². The highest BCUT2D eigenvalue weighted by atomic mass is 16.5. The molecule has 120 valence electrons. The molecule has 0 spiro atoms. The molecule has 1 aromatic carbocycles. The van der Waals surface area contributed by atoms with Crippen LogP contribution in [0.4, 0.5) is 0 Å². The van der Waals surface area contributed by atoms with Crippen molar-refractivity contribution in [3.05, 3.63) is 24.3 Å². The first-order valence-corrected chi connectivity index (χ1v) is 7.42. The molecule has 0 radical (unpaired) electrons. The molecule has 0 heterocycles. The van der Waals surface area contributed by atoms with E-state index in [1.54, 1.807) is 7.11 Å². The molecule has 0 saturated heterocycles. The summed E-state index contributed by atoms with van der Waals surface area (Å²) >= 11 is 0. The number of methoxy groups -OCH3 is 1. The summed E-state index contributed by atoms with van der Waals surface area (Å²) in [5, 5.41) is 13.1. The Bertz CT molecular complexity index is 368. The average molecular weight is 296 g/mol. The van der Waals surface area contributed by atoms with Crippen LogP contribution in [0, 0.1) is 0 Å². The maximum atomic E-state index is 9.84. The van der Waals surface area contributed by atoms with Gasteiger partial charge >= 0.3 is 0 Å². The fourth-order valence-electron chi connectivity index (χ4n) is 1.87. The molecule has 5 nitrogen and oxygen atoms in total. The van der Waals surface area contributed by atoms with E-state index in [4.69, 9.17) is 9.47 Å². The van der Waals surface area contributed by atoms with Crippen LogP contribution < -0.4 is 14.8 Å². The molecule has 0 aliphatic carbocycles. The molecule has 2 N–H and O–H groups in total. The first-order chi connectivity index (χ1) is 10.1. The highest BCUT2D eigenvalue weighted by Crippen LogP contribution is 2.16. The average Bonchev–Trinajstić information content (AvgIpc) is 2.49. The predicted octanol–water partition coefficient (Wildman–Crippen LogP) is 1.37. The van der Waals surface area contributed by atoms with E-state index in [9.17, 15) is 5.11 Å². The van der Waals surface area contributed by atoms with Crippen LogP contribution >= 0.6 is 0 Å². The van der Waals surface area contributed by atoms with Crippen molar-refractivity contribution in [1.29, 1.82) is 0 Å². The number of benzene rings is 1. The number of nitrogens with one attached hydrogen (secondary N) is 1. The van der Waals surface area contributed by atoms with Crippen molar-refractivity contribution >= 4 is 0 Å². The maximum Gasteiger partial charge on any atom is 0.119 e. The van der Waals surface area contributed by atoms with Crippen molar-refractivity contribution in [2.24, 2.45) is 0 Å². The Morgan fingerprint density at radius 1 is 1.14 bits per heavy atom. The number of hydrogen-bond donors (Lipinski definition) is 2. The molecule has 0 aromatic heterocycles. The first kappa shape index (κ1) is 17.8. The summed E-state index contributed by atoms with van der Waals surface area (Å²) in [6.07, 6.45) is 1.78. The van der Waals surface area contributed by atoms with Crippen LogP contribution in [-0.4, -0.2) is 63.6 Å². The fourth-order valence-corrected chi connectivity index (χ4v) is 1.87. The molecule has 1 rings (SSSR count). The van der Waals surface area contributed by atoms with Gasteiger partial charge < -0.3 is 24.8 Å². The minimum Gasteiger partial charge on any atom is -0.497 e. The zero-order valence-electron chi connectivity index (χ0n) is 13.3. The normalized spacial score (nSPS) is 12.4. The van der Waals surface area contributed by atoms with Crippen molar-refractivity contribution in [2.45, 2.75) is 18.9 Å². The molecule has 0 amide bonds. The lowest BCUT2D eigenvalue weighted by molar-refractivity contribution is 0.106. The zero-order chi connectivity index (χ0) is 15.5. The van der Waals surface area contributed by atoms with Gasteiger partial charge in [0.1, 0.15) is 24.2 Å². The second kappa shape index (κ2) is 10.4. The lowest BCUT2D eigenvalue weighted by Crippen LogP contribution is -2.32. The second-order valence-corrected chi connectivity index (χ2v) is 5.35. The topological polar surface area (TPSA) is 54.0 Å². The third-order valence-corrected chi connectivity index (χ3v) is 3.09. The van der Waals surface area contributed by atoms with Crippen molar-refractivity contribution in [3.63, 3.8) is 0 Å². The summed E-state index contributed by atoms with van der Waals surface area (Å²) in [5.74, 6) is 1.53. The van der Waals surface area contributed by atoms with Gasteiger partial charge in [0.2, 0.25) is 0 Å². The Morgan fingerprint density at radius 3 is 2.43 bits per heavy atom. The lowest BCUT2D eigenvalue weighted by Gasteiger charge is -2.14. The number of aliphatic hydroxyl groups is 1. The minimum absolute atomic E-state index is 0.289. The van der Waals surface area contributed by atoms with Crippen LogP contribution in [0.25, 0.3) is 0 Å². The van der Waals surface area contributed by atoms with E-state index < -0.39 is 6.10 Å². The summed E-state index contributed by atoms with van der Waals surface area (Å²) in [5.41, 5.74) is 0. The third kappa shape index (κ3) is 8.55. The van der Waals surface area contributed by atoms with Crippen LogP contribution in [0.5, 0.6) is 11.5 Å². The number of aliphatic hydroxyl groups excluding tert-OH is 1. The monoisotopic (exact) mass is 296 g/mol. The summed E-state index contributed by atoms with van der Waals surface area (Å²) in [6.45, 7) is 2.87. The van der Waals surface area contributed by atoms with Gasteiger partial charge in [0.05, 0.1) is 7.11 Å². The molecular weight excluding hydrogens is 268 g/mol. The number of unbranched alkanes of at least 4 members (excludes halogenated alkanes) is 1. The number of ether oxygens (including phenoxy) is 2. The molecule has 21 heavy (non-hydrogen) atoms. The van der Waals surface area contributed by atoms with E-state index >= 15 is 0 Å². The summed E-state index contributed by atoms with van der Waals surface area (Å²) in [6, 6.07) is 7.34. The minimum atomic E-state index is -0.499. The Balaban J connectivity index is 2.06. The molecular formula is C16H28N2O3. The Morgan fingerprint density at radius 2 is 1.81 bits per heavy atom. The Kier molecular flexibility index (Phi) is 8.82. The molecule has 0 bridgehead atoms. The summed E-state index contributed by atoms with van der Waals surface area (Å²) in [4.78, 5) is 2.18. The standard InChI is InChI=1S/C16H28N2O3/c1-18(2)11-5-4-10-17-12-14(19)13-21-16-8-6-15(20-3)7-9-16/h6-9,14,17,19H,4-5,10-13H2,1-3H3. The van der Waals surface area contributed by atoms with Crippen LogP contribution in [0.15, 0.2) is 24.3 Å². The zero-order valence-corrected chi connectivity index (χ0v) is 13.3. The first-order valence-electron chi connectivity index (χ1n) is 7.42. The van der Waals surface area contributed by atoms with Gasteiger partial charge in [-0.25, -0.2) is 0 Å². The highest BCUT2D eigenvalue weighted by molar-refractivity contribution is 5.31. The van der Waals surface area contributed by atoms with Gasteiger partial charge in [-0.3, -0.25) is 0 Å².